The van der Waals surface area contributed by atoms with Crippen molar-refractivity contribution in [3.63, 3.8) is 0 Å². The molecule has 1 saturated heterocycles. The van der Waals surface area contributed by atoms with Gasteiger partial charge < -0.3 is 10.2 Å². The molecule has 0 saturated carbocycles. The van der Waals surface area contributed by atoms with E-state index in [1.165, 1.54) is 25.9 Å². The highest BCUT2D eigenvalue weighted by molar-refractivity contribution is 4.77. The Morgan fingerprint density at radius 2 is 1.77 bits per heavy atom. The number of likely N-dealkylation sites (tertiary alicyclic amines) is 1. The highest BCUT2D eigenvalue weighted by atomic mass is 15.1. The zero-order chi connectivity index (χ0) is 9.90. The topological polar surface area (TPSA) is 15.3 Å². The molecule has 13 heavy (non-hydrogen) atoms. The lowest BCUT2D eigenvalue weighted by Crippen LogP contribution is -2.43. The third-order valence-electron chi connectivity index (χ3n) is 2.64. The lowest BCUT2D eigenvalue weighted by atomic mass is 9.95. The maximum atomic E-state index is 3.66. The van der Waals surface area contributed by atoms with Crippen molar-refractivity contribution in [1.29, 1.82) is 0 Å². The fraction of sp³-hybridized carbons (Fsp3) is 1.00. The van der Waals surface area contributed by atoms with Crippen LogP contribution in [0, 0.1) is 5.41 Å². The van der Waals surface area contributed by atoms with Gasteiger partial charge in [-0.05, 0) is 38.4 Å². The average molecular weight is 184 g/mol. The summed E-state index contributed by atoms with van der Waals surface area (Å²) in [6.07, 6.45) is 2.62. The van der Waals surface area contributed by atoms with Crippen LogP contribution in [0.15, 0.2) is 0 Å². The Balaban J connectivity index is 2.16. The lowest BCUT2D eigenvalue weighted by Gasteiger charge is -2.31. The smallest absolute Gasteiger partial charge is 0.00916 e. The summed E-state index contributed by atoms with van der Waals surface area (Å²) in [5, 5.41) is 3.66. The van der Waals surface area contributed by atoms with Crippen molar-refractivity contribution in [3.05, 3.63) is 0 Å². The zero-order valence-corrected chi connectivity index (χ0v) is 9.56. The van der Waals surface area contributed by atoms with Crippen LogP contribution in [0.4, 0.5) is 0 Å². The number of piperidine rings is 1. The van der Waals surface area contributed by atoms with Crippen molar-refractivity contribution in [2.45, 2.75) is 39.7 Å². The fourth-order valence-corrected chi connectivity index (χ4v) is 1.66. The monoisotopic (exact) mass is 184 g/mol. The first-order valence-electron chi connectivity index (χ1n) is 5.39. The van der Waals surface area contributed by atoms with Gasteiger partial charge in [0, 0.05) is 12.6 Å². The zero-order valence-electron chi connectivity index (χ0n) is 9.56. The molecule has 0 spiro atoms. The van der Waals surface area contributed by atoms with Crippen LogP contribution in [0.25, 0.3) is 0 Å². The Bertz CT molecular complexity index is 141. The molecule has 1 rings (SSSR count). The number of hydrogen-bond acceptors (Lipinski definition) is 2. The van der Waals surface area contributed by atoms with Crippen molar-refractivity contribution < 1.29 is 0 Å². The van der Waals surface area contributed by atoms with E-state index < -0.39 is 0 Å². The van der Waals surface area contributed by atoms with Crippen molar-refractivity contribution in [2.75, 3.05) is 26.7 Å². The summed E-state index contributed by atoms with van der Waals surface area (Å²) in [5.74, 6) is 0. The Kier molecular flexibility index (Phi) is 3.74. The van der Waals surface area contributed by atoms with Gasteiger partial charge in [-0.15, -0.1) is 0 Å². The molecule has 1 heterocycles. The third-order valence-corrected chi connectivity index (χ3v) is 2.64. The molecule has 1 aliphatic heterocycles. The van der Waals surface area contributed by atoms with Crippen LogP contribution in [0.3, 0.4) is 0 Å². The SMILES string of the molecule is CN1CCC(NCC(C)(C)C)CC1. The maximum absolute atomic E-state index is 3.66. The van der Waals surface area contributed by atoms with Crippen LogP contribution in [0.5, 0.6) is 0 Å². The Labute approximate surface area is 82.7 Å². The van der Waals surface area contributed by atoms with E-state index >= 15 is 0 Å². The molecule has 78 valence electrons. The van der Waals surface area contributed by atoms with Gasteiger partial charge in [-0.2, -0.15) is 0 Å². The van der Waals surface area contributed by atoms with Crippen molar-refractivity contribution in [3.8, 4) is 0 Å². The largest absolute Gasteiger partial charge is 0.313 e. The lowest BCUT2D eigenvalue weighted by molar-refractivity contribution is 0.221. The van der Waals surface area contributed by atoms with E-state index in [4.69, 9.17) is 0 Å². The van der Waals surface area contributed by atoms with Crippen molar-refractivity contribution in [2.24, 2.45) is 5.41 Å². The van der Waals surface area contributed by atoms with Gasteiger partial charge in [0.05, 0.1) is 0 Å². The van der Waals surface area contributed by atoms with E-state index in [9.17, 15) is 0 Å². The molecule has 0 radical (unpaired) electrons. The second-order valence-corrected chi connectivity index (χ2v) is 5.52. The standard InChI is InChI=1S/C11H24N2/c1-11(2,3)9-12-10-5-7-13(4)8-6-10/h10,12H,5-9H2,1-4H3. The molecule has 2 nitrogen and oxygen atoms in total. The number of nitrogens with one attached hydrogen (secondary N) is 1. The first-order chi connectivity index (χ1) is 5.97. The molecular weight excluding hydrogens is 160 g/mol. The number of rotatable bonds is 2. The molecule has 0 unspecified atom stereocenters. The summed E-state index contributed by atoms with van der Waals surface area (Å²) in [7, 11) is 2.21. The van der Waals surface area contributed by atoms with Gasteiger partial charge in [0.15, 0.2) is 0 Å². The minimum Gasteiger partial charge on any atom is -0.313 e. The summed E-state index contributed by atoms with van der Waals surface area (Å²) in [5.41, 5.74) is 0.420. The van der Waals surface area contributed by atoms with Crippen LogP contribution in [0.1, 0.15) is 33.6 Å². The number of nitrogens with zero attached hydrogens (tertiary/aromatic N) is 1. The molecule has 1 aliphatic rings. The molecule has 2 heteroatoms. The van der Waals surface area contributed by atoms with Crippen LogP contribution >= 0.6 is 0 Å². The van der Waals surface area contributed by atoms with Gasteiger partial charge in [0.25, 0.3) is 0 Å². The Morgan fingerprint density at radius 3 is 2.23 bits per heavy atom. The van der Waals surface area contributed by atoms with Gasteiger partial charge in [-0.1, -0.05) is 20.8 Å². The van der Waals surface area contributed by atoms with E-state index in [-0.39, 0.29) is 0 Å². The summed E-state index contributed by atoms with van der Waals surface area (Å²) in [6, 6.07) is 0.760. The second kappa shape index (κ2) is 4.43. The van der Waals surface area contributed by atoms with E-state index in [2.05, 4.69) is 38.0 Å². The fourth-order valence-electron chi connectivity index (χ4n) is 1.66. The Morgan fingerprint density at radius 1 is 1.23 bits per heavy atom. The van der Waals surface area contributed by atoms with Crippen molar-refractivity contribution in [1.82, 2.24) is 10.2 Å². The van der Waals surface area contributed by atoms with Crippen LogP contribution < -0.4 is 5.32 Å². The number of hydrogen-bond donors (Lipinski definition) is 1. The van der Waals surface area contributed by atoms with Crippen LogP contribution in [0.2, 0.25) is 0 Å². The molecule has 1 N–H and O–H groups in total. The molecule has 0 aliphatic carbocycles. The minimum atomic E-state index is 0.420. The summed E-state index contributed by atoms with van der Waals surface area (Å²) >= 11 is 0. The highest BCUT2D eigenvalue weighted by Gasteiger charge is 2.18. The summed E-state index contributed by atoms with van der Waals surface area (Å²) in [4.78, 5) is 2.41. The van der Waals surface area contributed by atoms with Crippen LogP contribution in [-0.2, 0) is 0 Å². The van der Waals surface area contributed by atoms with Gasteiger partial charge in [0.2, 0.25) is 0 Å². The van der Waals surface area contributed by atoms with E-state index in [0.717, 1.165) is 12.6 Å². The van der Waals surface area contributed by atoms with E-state index in [1.807, 2.05) is 0 Å². The van der Waals surface area contributed by atoms with Crippen LogP contribution in [-0.4, -0.2) is 37.6 Å². The molecule has 0 atom stereocenters. The molecule has 0 aromatic carbocycles. The van der Waals surface area contributed by atoms with Crippen molar-refractivity contribution >= 4 is 0 Å². The molecule has 0 aromatic heterocycles. The van der Waals surface area contributed by atoms with E-state index in [1.54, 1.807) is 0 Å². The van der Waals surface area contributed by atoms with Gasteiger partial charge in [0.1, 0.15) is 0 Å². The van der Waals surface area contributed by atoms with Gasteiger partial charge in [-0.25, -0.2) is 0 Å². The first-order valence-corrected chi connectivity index (χ1v) is 5.39. The normalized spacial score (nSPS) is 22.2. The molecule has 0 aromatic rings. The predicted molar refractivity (Wildman–Crippen MR) is 58.0 cm³/mol. The highest BCUT2D eigenvalue weighted by Crippen LogP contribution is 2.13. The molecule has 1 fully saturated rings. The second-order valence-electron chi connectivity index (χ2n) is 5.52. The maximum Gasteiger partial charge on any atom is 0.00916 e. The quantitative estimate of drug-likeness (QED) is 0.703. The van der Waals surface area contributed by atoms with Gasteiger partial charge >= 0.3 is 0 Å². The summed E-state index contributed by atoms with van der Waals surface area (Å²) < 4.78 is 0. The molecular formula is C11H24N2. The van der Waals surface area contributed by atoms with E-state index in [0.29, 0.717) is 5.41 Å². The summed E-state index contributed by atoms with van der Waals surface area (Å²) in [6.45, 7) is 10.5. The molecule has 0 amide bonds. The third kappa shape index (κ3) is 4.63. The first kappa shape index (κ1) is 11.0. The molecule has 0 bridgehead atoms. The minimum absolute atomic E-state index is 0.420. The Hall–Kier alpha value is -0.0800. The predicted octanol–water partition coefficient (Wildman–Crippen LogP) is 1.72. The van der Waals surface area contributed by atoms with Gasteiger partial charge in [-0.3, -0.25) is 0 Å². The average Bonchev–Trinajstić information content (AvgIpc) is 2.02.